The average Bonchev–Trinajstić information content (AvgIpc) is 3.57. The number of aryl methyl sites for hydroxylation is 1. The SMILES string of the molecule is C#Cc1ccc(CC(C(=O)N[C@@H](C)C2CC2)N2C(=O)NC3(CCc4ccccc43)C2=O)cc1. The van der Waals surface area contributed by atoms with Crippen LogP contribution in [0.15, 0.2) is 48.5 Å². The molecule has 4 amide bonds. The first-order valence-electron chi connectivity index (χ1n) is 11.5. The summed E-state index contributed by atoms with van der Waals surface area (Å²) in [7, 11) is 0. The molecule has 6 nitrogen and oxygen atoms in total. The van der Waals surface area contributed by atoms with Crippen LogP contribution in [0.4, 0.5) is 4.79 Å². The van der Waals surface area contributed by atoms with Gasteiger partial charge in [0.25, 0.3) is 5.91 Å². The molecule has 0 bridgehead atoms. The summed E-state index contributed by atoms with van der Waals surface area (Å²) in [6.45, 7) is 1.98. The summed E-state index contributed by atoms with van der Waals surface area (Å²) in [5, 5.41) is 6.00. The average molecular weight is 442 g/mol. The third-order valence-corrected chi connectivity index (χ3v) is 7.23. The van der Waals surface area contributed by atoms with Crippen LogP contribution in [0.5, 0.6) is 0 Å². The van der Waals surface area contributed by atoms with E-state index in [0.717, 1.165) is 40.0 Å². The molecule has 2 fully saturated rings. The zero-order valence-corrected chi connectivity index (χ0v) is 18.6. The number of amides is 4. The highest BCUT2D eigenvalue weighted by atomic mass is 16.2. The molecule has 2 unspecified atom stereocenters. The Morgan fingerprint density at radius 3 is 2.64 bits per heavy atom. The van der Waals surface area contributed by atoms with Gasteiger partial charge in [-0.15, -0.1) is 6.42 Å². The molecule has 2 aromatic rings. The van der Waals surface area contributed by atoms with Crippen LogP contribution in [0.2, 0.25) is 0 Å². The fourth-order valence-corrected chi connectivity index (χ4v) is 5.14. The highest BCUT2D eigenvalue weighted by Gasteiger charge is 2.57. The number of hydrogen-bond donors (Lipinski definition) is 2. The third kappa shape index (κ3) is 3.68. The summed E-state index contributed by atoms with van der Waals surface area (Å²) in [4.78, 5) is 41.6. The van der Waals surface area contributed by atoms with Gasteiger partial charge in [0.05, 0.1) is 0 Å². The molecule has 2 aromatic carbocycles. The highest BCUT2D eigenvalue weighted by molar-refractivity contribution is 6.10. The number of nitrogens with zero attached hydrogens (tertiary/aromatic N) is 1. The zero-order valence-electron chi connectivity index (χ0n) is 18.6. The van der Waals surface area contributed by atoms with Crippen LogP contribution in [-0.2, 0) is 28.0 Å². The van der Waals surface area contributed by atoms with Gasteiger partial charge in [0, 0.05) is 18.0 Å². The van der Waals surface area contributed by atoms with Crippen molar-refractivity contribution in [3.05, 3.63) is 70.8 Å². The minimum atomic E-state index is -1.10. The Hall–Kier alpha value is -3.59. The predicted octanol–water partition coefficient (Wildman–Crippen LogP) is 2.89. The minimum Gasteiger partial charge on any atom is -0.352 e. The van der Waals surface area contributed by atoms with E-state index < -0.39 is 17.6 Å². The normalized spacial score (nSPS) is 23.1. The summed E-state index contributed by atoms with van der Waals surface area (Å²) in [6.07, 6.45) is 9.06. The molecular formula is C27H27N3O3. The van der Waals surface area contributed by atoms with Gasteiger partial charge in [0.2, 0.25) is 5.91 Å². The number of nitrogens with one attached hydrogen (secondary N) is 2. The number of terminal acetylenes is 1. The Kier molecular flexibility index (Phi) is 5.20. The van der Waals surface area contributed by atoms with Crippen molar-refractivity contribution in [2.75, 3.05) is 0 Å². The molecular weight excluding hydrogens is 414 g/mol. The number of fused-ring (bicyclic) bond motifs is 2. The molecule has 3 atom stereocenters. The van der Waals surface area contributed by atoms with Gasteiger partial charge in [0.15, 0.2) is 0 Å². The Morgan fingerprint density at radius 2 is 1.94 bits per heavy atom. The van der Waals surface area contributed by atoms with Gasteiger partial charge in [-0.2, -0.15) is 0 Å². The minimum absolute atomic E-state index is 0.00532. The van der Waals surface area contributed by atoms with E-state index in [9.17, 15) is 14.4 Å². The fourth-order valence-electron chi connectivity index (χ4n) is 5.14. The first kappa shape index (κ1) is 21.3. The third-order valence-electron chi connectivity index (χ3n) is 7.23. The fraction of sp³-hybridized carbons (Fsp3) is 0.370. The Bertz CT molecular complexity index is 1160. The number of carbonyl (C=O) groups excluding carboxylic acids is 3. The summed E-state index contributed by atoms with van der Waals surface area (Å²) in [5.74, 6) is 2.38. The molecule has 168 valence electrons. The molecule has 1 aliphatic heterocycles. The maximum Gasteiger partial charge on any atom is 0.326 e. The van der Waals surface area contributed by atoms with E-state index in [-0.39, 0.29) is 24.3 Å². The van der Waals surface area contributed by atoms with Crippen molar-refractivity contribution in [2.45, 2.75) is 56.7 Å². The molecule has 1 saturated heterocycles. The van der Waals surface area contributed by atoms with Crippen LogP contribution in [0.3, 0.4) is 0 Å². The van der Waals surface area contributed by atoms with Gasteiger partial charge in [-0.25, -0.2) is 9.69 Å². The molecule has 6 heteroatoms. The lowest BCUT2D eigenvalue weighted by molar-refractivity contribution is -0.139. The van der Waals surface area contributed by atoms with E-state index in [1.54, 1.807) is 12.1 Å². The van der Waals surface area contributed by atoms with Crippen molar-refractivity contribution in [3.63, 3.8) is 0 Å². The van der Waals surface area contributed by atoms with E-state index in [1.165, 1.54) is 0 Å². The van der Waals surface area contributed by atoms with Gasteiger partial charge in [-0.1, -0.05) is 42.3 Å². The van der Waals surface area contributed by atoms with E-state index in [2.05, 4.69) is 16.6 Å². The highest BCUT2D eigenvalue weighted by Crippen LogP contribution is 2.42. The van der Waals surface area contributed by atoms with Gasteiger partial charge < -0.3 is 10.6 Å². The van der Waals surface area contributed by atoms with Crippen LogP contribution in [0, 0.1) is 18.3 Å². The number of hydrogen-bond acceptors (Lipinski definition) is 3. The lowest BCUT2D eigenvalue weighted by atomic mass is 9.91. The molecule has 33 heavy (non-hydrogen) atoms. The van der Waals surface area contributed by atoms with E-state index in [0.29, 0.717) is 18.8 Å². The van der Waals surface area contributed by atoms with Crippen LogP contribution in [0.1, 0.15) is 48.4 Å². The molecule has 1 heterocycles. The molecule has 1 spiro atoms. The summed E-state index contributed by atoms with van der Waals surface area (Å²) in [5.41, 5.74) is 2.36. The first-order valence-corrected chi connectivity index (χ1v) is 11.5. The van der Waals surface area contributed by atoms with E-state index in [1.807, 2.05) is 43.3 Å². The van der Waals surface area contributed by atoms with Crippen molar-refractivity contribution in [1.82, 2.24) is 15.5 Å². The second-order valence-corrected chi connectivity index (χ2v) is 9.36. The topological polar surface area (TPSA) is 78.5 Å². The molecule has 1 saturated carbocycles. The molecule has 0 radical (unpaired) electrons. The van der Waals surface area contributed by atoms with Crippen LogP contribution in [0.25, 0.3) is 0 Å². The van der Waals surface area contributed by atoms with Gasteiger partial charge in [-0.05, 0) is 67.3 Å². The Morgan fingerprint density at radius 1 is 1.21 bits per heavy atom. The van der Waals surface area contributed by atoms with Crippen LogP contribution < -0.4 is 10.6 Å². The predicted molar refractivity (Wildman–Crippen MR) is 124 cm³/mol. The Labute approximate surface area is 193 Å². The van der Waals surface area contributed by atoms with Crippen molar-refractivity contribution in [2.24, 2.45) is 5.92 Å². The van der Waals surface area contributed by atoms with Gasteiger partial charge >= 0.3 is 6.03 Å². The molecule has 2 aliphatic carbocycles. The van der Waals surface area contributed by atoms with Gasteiger partial charge in [0.1, 0.15) is 11.6 Å². The lowest BCUT2D eigenvalue weighted by Crippen LogP contribution is -2.53. The summed E-state index contributed by atoms with van der Waals surface area (Å²) in [6, 6.07) is 13.5. The quantitative estimate of drug-likeness (QED) is 0.535. The number of imide groups is 1. The molecule has 5 rings (SSSR count). The number of carbonyl (C=O) groups is 3. The van der Waals surface area contributed by atoms with Crippen LogP contribution >= 0.6 is 0 Å². The first-order chi connectivity index (χ1) is 15.9. The van der Waals surface area contributed by atoms with Gasteiger partial charge in [-0.3, -0.25) is 9.59 Å². The molecule has 3 aliphatic rings. The van der Waals surface area contributed by atoms with Crippen LogP contribution in [-0.4, -0.2) is 34.8 Å². The maximum absolute atomic E-state index is 13.8. The number of benzene rings is 2. The zero-order chi connectivity index (χ0) is 23.2. The second-order valence-electron chi connectivity index (χ2n) is 9.36. The maximum atomic E-state index is 13.8. The molecule has 2 N–H and O–H groups in total. The van der Waals surface area contributed by atoms with Crippen molar-refractivity contribution in [3.8, 4) is 12.3 Å². The van der Waals surface area contributed by atoms with E-state index in [4.69, 9.17) is 6.42 Å². The standard InChI is InChI=1S/C27H27N3O3/c1-3-18-8-10-19(11-9-18)16-23(24(31)28-17(2)20-12-13-20)30-25(32)27(29-26(30)33)15-14-21-6-4-5-7-22(21)27/h1,4-11,17,20,23H,12-16H2,2H3,(H,28,31)(H,29,33)/t17-,23?,27?/m0/s1. The van der Waals surface area contributed by atoms with Crippen molar-refractivity contribution >= 4 is 17.8 Å². The second kappa shape index (κ2) is 8.08. The lowest BCUT2D eigenvalue weighted by Gasteiger charge is -2.28. The van der Waals surface area contributed by atoms with Crippen molar-refractivity contribution in [1.29, 1.82) is 0 Å². The monoisotopic (exact) mass is 441 g/mol. The summed E-state index contributed by atoms with van der Waals surface area (Å²) < 4.78 is 0. The number of urea groups is 1. The molecule has 0 aromatic heterocycles. The Balaban J connectivity index is 1.47. The summed E-state index contributed by atoms with van der Waals surface area (Å²) >= 11 is 0. The largest absolute Gasteiger partial charge is 0.352 e. The van der Waals surface area contributed by atoms with Crippen molar-refractivity contribution < 1.29 is 14.4 Å². The van der Waals surface area contributed by atoms with E-state index >= 15 is 0 Å². The number of rotatable bonds is 6. The smallest absolute Gasteiger partial charge is 0.326 e.